The first-order chi connectivity index (χ1) is 5.93. The van der Waals surface area contributed by atoms with E-state index in [2.05, 4.69) is 0 Å². The summed E-state index contributed by atoms with van der Waals surface area (Å²) in [5.74, 6) is 0.910. The van der Waals surface area contributed by atoms with Crippen molar-refractivity contribution < 1.29 is 17.7 Å². The van der Waals surface area contributed by atoms with E-state index in [1.165, 1.54) is 0 Å². The van der Waals surface area contributed by atoms with Crippen molar-refractivity contribution >= 4 is 10.1 Å². The molecule has 0 aliphatic heterocycles. The lowest BCUT2D eigenvalue weighted by Gasteiger charge is -1.93. The Balaban J connectivity index is 0.000000252. The van der Waals surface area contributed by atoms with E-state index >= 15 is 0 Å². The van der Waals surface area contributed by atoms with E-state index in [0.29, 0.717) is 6.26 Å². The summed E-state index contributed by atoms with van der Waals surface area (Å²) in [5.41, 5.74) is 0. The van der Waals surface area contributed by atoms with Crippen molar-refractivity contribution in [2.45, 2.75) is 0 Å². The van der Waals surface area contributed by atoms with Gasteiger partial charge in [-0.15, -0.1) is 0 Å². The molecule has 1 rings (SSSR count). The fourth-order valence-electron chi connectivity index (χ4n) is 0.557. The lowest BCUT2D eigenvalue weighted by Crippen LogP contribution is -1.88. The summed E-state index contributed by atoms with van der Waals surface area (Å²) in [6, 6.07) is 9.68. The Labute approximate surface area is 77.9 Å². The number of methoxy groups -OCH3 is 1. The van der Waals surface area contributed by atoms with Crippen molar-refractivity contribution in [1.29, 1.82) is 0 Å². The lowest BCUT2D eigenvalue weighted by atomic mass is 10.3. The van der Waals surface area contributed by atoms with Gasteiger partial charge in [0.05, 0.1) is 13.4 Å². The molecule has 1 aromatic carbocycles. The fourth-order valence-corrected chi connectivity index (χ4v) is 0.557. The maximum atomic E-state index is 9.19. The Kier molecular flexibility index (Phi) is 5.10. The van der Waals surface area contributed by atoms with Crippen LogP contribution in [0.25, 0.3) is 0 Å². The molecule has 1 N–H and O–H groups in total. The normalized spacial score (nSPS) is 9.77. The van der Waals surface area contributed by atoms with Crippen LogP contribution in [0.3, 0.4) is 0 Å². The first-order valence-electron chi connectivity index (χ1n) is 3.45. The highest BCUT2D eigenvalue weighted by molar-refractivity contribution is 7.85. The van der Waals surface area contributed by atoms with Gasteiger partial charge in [-0.2, -0.15) is 8.42 Å². The standard InChI is InChI=1S/C7H8O.CH4O3S/c1-8-7-5-3-2-4-6-7;1-5(2,3)4/h2-6H,1H3;1H3,(H,2,3,4). The van der Waals surface area contributed by atoms with Gasteiger partial charge in [0.2, 0.25) is 0 Å². The monoisotopic (exact) mass is 204 g/mol. The van der Waals surface area contributed by atoms with Crippen LogP contribution in [-0.2, 0) is 10.1 Å². The van der Waals surface area contributed by atoms with Crippen LogP contribution in [0.2, 0.25) is 0 Å². The molecule has 0 aromatic heterocycles. The van der Waals surface area contributed by atoms with Crippen molar-refractivity contribution in [3.8, 4) is 5.75 Å². The maximum absolute atomic E-state index is 9.19. The van der Waals surface area contributed by atoms with Crippen LogP contribution in [0.4, 0.5) is 0 Å². The highest BCUT2D eigenvalue weighted by Crippen LogP contribution is 2.05. The van der Waals surface area contributed by atoms with E-state index in [4.69, 9.17) is 9.29 Å². The molecule has 5 heteroatoms. The first-order valence-corrected chi connectivity index (χ1v) is 5.30. The lowest BCUT2D eigenvalue weighted by molar-refractivity contribution is 0.415. The summed E-state index contributed by atoms with van der Waals surface area (Å²) in [7, 11) is -2.00. The van der Waals surface area contributed by atoms with E-state index in [9.17, 15) is 8.42 Å². The number of hydrogen-bond acceptors (Lipinski definition) is 3. The number of rotatable bonds is 1. The minimum Gasteiger partial charge on any atom is -0.497 e. The van der Waals surface area contributed by atoms with E-state index < -0.39 is 10.1 Å². The number of para-hydroxylation sites is 1. The molecular weight excluding hydrogens is 192 g/mol. The maximum Gasteiger partial charge on any atom is 0.261 e. The van der Waals surface area contributed by atoms with E-state index in [0.717, 1.165) is 5.75 Å². The molecule has 0 bridgehead atoms. The van der Waals surface area contributed by atoms with Crippen molar-refractivity contribution in [3.63, 3.8) is 0 Å². The molecular formula is C8H12O4S. The Hall–Kier alpha value is -1.07. The van der Waals surface area contributed by atoms with Gasteiger partial charge < -0.3 is 4.74 Å². The van der Waals surface area contributed by atoms with Crippen molar-refractivity contribution in [3.05, 3.63) is 30.3 Å². The minimum absolute atomic E-state index is 0.715. The van der Waals surface area contributed by atoms with Gasteiger partial charge in [0.15, 0.2) is 0 Å². The Morgan fingerprint density at radius 3 is 1.85 bits per heavy atom. The summed E-state index contributed by atoms with van der Waals surface area (Å²) in [5, 5.41) is 0. The van der Waals surface area contributed by atoms with Crippen LogP contribution in [0.5, 0.6) is 5.75 Å². The van der Waals surface area contributed by atoms with E-state index in [1.807, 2.05) is 30.3 Å². The molecule has 0 atom stereocenters. The Morgan fingerprint density at radius 1 is 1.23 bits per heavy atom. The predicted molar refractivity (Wildman–Crippen MR) is 50.5 cm³/mol. The summed E-state index contributed by atoms with van der Waals surface area (Å²) in [6.45, 7) is 0. The van der Waals surface area contributed by atoms with Crippen LogP contribution in [0, 0.1) is 0 Å². The summed E-state index contributed by atoms with van der Waals surface area (Å²) in [4.78, 5) is 0. The van der Waals surface area contributed by atoms with Crippen LogP contribution in [0.15, 0.2) is 30.3 Å². The van der Waals surface area contributed by atoms with Crippen LogP contribution in [-0.4, -0.2) is 26.3 Å². The van der Waals surface area contributed by atoms with Gasteiger partial charge in [0.1, 0.15) is 5.75 Å². The molecule has 0 saturated heterocycles. The van der Waals surface area contributed by atoms with Crippen LogP contribution >= 0.6 is 0 Å². The Morgan fingerprint density at radius 2 is 1.62 bits per heavy atom. The molecule has 0 spiro atoms. The molecule has 4 nitrogen and oxygen atoms in total. The predicted octanol–water partition coefficient (Wildman–Crippen LogP) is 1.20. The molecule has 0 saturated carbocycles. The third-order valence-electron chi connectivity index (χ3n) is 0.979. The summed E-state index contributed by atoms with van der Waals surface area (Å²) in [6.07, 6.45) is 0.715. The average Bonchev–Trinajstić information content (AvgIpc) is 2.03. The molecule has 0 heterocycles. The van der Waals surface area contributed by atoms with Gasteiger partial charge in [-0.25, -0.2) is 0 Å². The molecule has 0 aliphatic rings. The van der Waals surface area contributed by atoms with E-state index in [-0.39, 0.29) is 0 Å². The third kappa shape index (κ3) is 10.9. The zero-order valence-electron chi connectivity index (χ0n) is 7.47. The van der Waals surface area contributed by atoms with Gasteiger partial charge in [-0.3, -0.25) is 4.55 Å². The number of benzene rings is 1. The van der Waals surface area contributed by atoms with Crippen LogP contribution in [0.1, 0.15) is 0 Å². The third-order valence-corrected chi connectivity index (χ3v) is 0.979. The molecule has 74 valence electrons. The van der Waals surface area contributed by atoms with E-state index in [1.54, 1.807) is 7.11 Å². The van der Waals surface area contributed by atoms with Gasteiger partial charge in [-0.05, 0) is 12.1 Å². The zero-order chi connectivity index (χ0) is 10.3. The van der Waals surface area contributed by atoms with Crippen molar-refractivity contribution in [2.75, 3.05) is 13.4 Å². The SMILES string of the molecule is COc1ccccc1.CS(=O)(=O)O. The first kappa shape index (κ1) is 11.9. The quantitative estimate of drug-likeness (QED) is 0.698. The second kappa shape index (κ2) is 5.55. The molecule has 0 radical (unpaired) electrons. The molecule has 0 aliphatic carbocycles. The van der Waals surface area contributed by atoms with Crippen molar-refractivity contribution in [1.82, 2.24) is 0 Å². The van der Waals surface area contributed by atoms with Gasteiger partial charge in [-0.1, -0.05) is 18.2 Å². The molecule has 0 fully saturated rings. The van der Waals surface area contributed by atoms with Gasteiger partial charge in [0.25, 0.3) is 10.1 Å². The highest BCUT2D eigenvalue weighted by atomic mass is 32.2. The highest BCUT2D eigenvalue weighted by Gasteiger charge is 1.81. The molecule has 13 heavy (non-hydrogen) atoms. The number of hydrogen-bond donors (Lipinski definition) is 1. The minimum atomic E-state index is -3.67. The Bertz CT molecular complexity index is 309. The molecule has 1 aromatic rings. The van der Waals surface area contributed by atoms with Gasteiger partial charge >= 0.3 is 0 Å². The van der Waals surface area contributed by atoms with Gasteiger partial charge in [0, 0.05) is 0 Å². The fraction of sp³-hybridized carbons (Fsp3) is 0.250. The topological polar surface area (TPSA) is 63.6 Å². The largest absolute Gasteiger partial charge is 0.497 e. The smallest absolute Gasteiger partial charge is 0.261 e. The number of ether oxygens (including phenoxy) is 1. The summed E-state index contributed by atoms with van der Waals surface area (Å²) >= 11 is 0. The van der Waals surface area contributed by atoms with Crippen molar-refractivity contribution in [2.24, 2.45) is 0 Å². The molecule has 0 unspecified atom stereocenters. The second-order valence-electron chi connectivity index (χ2n) is 2.25. The molecule has 0 amide bonds. The van der Waals surface area contributed by atoms with Crippen LogP contribution < -0.4 is 4.74 Å². The average molecular weight is 204 g/mol. The second-order valence-corrected chi connectivity index (χ2v) is 3.72. The zero-order valence-corrected chi connectivity index (χ0v) is 8.28. The summed E-state index contributed by atoms with van der Waals surface area (Å²) < 4.78 is 30.8.